The van der Waals surface area contributed by atoms with E-state index in [0.29, 0.717) is 5.82 Å². The van der Waals surface area contributed by atoms with Crippen molar-refractivity contribution in [3.05, 3.63) is 41.3 Å². The Balaban J connectivity index is 2.22. The molecule has 1 aliphatic rings. The van der Waals surface area contributed by atoms with Crippen LogP contribution in [-0.2, 0) is 12.8 Å². The molecular weight excluding hydrogens is 218 g/mol. The van der Waals surface area contributed by atoms with E-state index in [2.05, 4.69) is 10.1 Å². The molecule has 0 atom stereocenters. The normalized spacial score (nSPS) is 13.6. The quantitative estimate of drug-likeness (QED) is 0.846. The van der Waals surface area contributed by atoms with Gasteiger partial charge in [0.2, 0.25) is 0 Å². The lowest BCUT2D eigenvalue weighted by molar-refractivity contribution is 0.0696. The molecular formula is C12H11N3O2. The number of nitrogens with zero attached hydrogens (tertiary/aromatic N) is 3. The minimum Gasteiger partial charge on any atom is -0.478 e. The van der Waals surface area contributed by atoms with Gasteiger partial charge in [-0.3, -0.25) is 0 Å². The molecule has 0 radical (unpaired) electrons. The highest BCUT2D eigenvalue weighted by Gasteiger charge is 2.20. The predicted octanol–water partition coefficient (Wildman–Crippen LogP) is 1.45. The van der Waals surface area contributed by atoms with Crippen molar-refractivity contribution in [1.82, 2.24) is 14.8 Å². The van der Waals surface area contributed by atoms with Crippen LogP contribution in [0.2, 0.25) is 0 Å². The van der Waals surface area contributed by atoms with Gasteiger partial charge in [-0.2, -0.15) is 5.10 Å². The largest absolute Gasteiger partial charge is 0.478 e. The van der Waals surface area contributed by atoms with Crippen LogP contribution in [0.25, 0.3) is 5.82 Å². The van der Waals surface area contributed by atoms with Gasteiger partial charge in [0, 0.05) is 18.1 Å². The molecule has 3 rings (SSSR count). The third-order valence-electron chi connectivity index (χ3n) is 2.98. The van der Waals surface area contributed by atoms with Crippen LogP contribution in [0, 0.1) is 0 Å². The summed E-state index contributed by atoms with van der Waals surface area (Å²) in [6, 6.07) is 3.48. The van der Waals surface area contributed by atoms with Crippen LogP contribution >= 0.6 is 0 Å². The second-order valence-corrected chi connectivity index (χ2v) is 4.07. The van der Waals surface area contributed by atoms with Gasteiger partial charge in [0.25, 0.3) is 0 Å². The lowest BCUT2D eigenvalue weighted by Crippen LogP contribution is -2.10. The Labute approximate surface area is 97.7 Å². The number of aryl methyl sites for hydroxylation is 2. The zero-order valence-corrected chi connectivity index (χ0v) is 9.13. The van der Waals surface area contributed by atoms with E-state index in [0.717, 1.165) is 30.5 Å². The number of carboxylic acids is 1. The van der Waals surface area contributed by atoms with Crippen molar-refractivity contribution in [2.75, 3.05) is 0 Å². The van der Waals surface area contributed by atoms with Gasteiger partial charge in [-0.05, 0) is 37.0 Å². The molecule has 0 aromatic carbocycles. The van der Waals surface area contributed by atoms with Crippen molar-refractivity contribution in [2.24, 2.45) is 0 Å². The molecule has 1 N–H and O–H groups in total. The smallest absolute Gasteiger partial charge is 0.339 e. The van der Waals surface area contributed by atoms with Gasteiger partial charge in [-0.15, -0.1) is 0 Å². The molecule has 0 aliphatic heterocycles. The van der Waals surface area contributed by atoms with E-state index in [4.69, 9.17) is 0 Å². The van der Waals surface area contributed by atoms with Gasteiger partial charge >= 0.3 is 5.97 Å². The molecule has 0 spiro atoms. The predicted molar refractivity (Wildman–Crippen MR) is 60.3 cm³/mol. The van der Waals surface area contributed by atoms with E-state index in [9.17, 15) is 9.90 Å². The highest BCUT2D eigenvalue weighted by atomic mass is 16.4. The molecule has 0 amide bonds. The lowest BCUT2D eigenvalue weighted by Gasteiger charge is -2.08. The SMILES string of the molecule is O=C(O)c1cc2c(nc1-n1cccn1)CCC2. The summed E-state index contributed by atoms with van der Waals surface area (Å²) in [6.07, 6.45) is 6.20. The maximum absolute atomic E-state index is 11.2. The second-order valence-electron chi connectivity index (χ2n) is 4.07. The zero-order valence-electron chi connectivity index (χ0n) is 9.13. The summed E-state index contributed by atoms with van der Waals surface area (Å²) in [7, 11) is 0. The van der Waals surface area contributed by atoms with Crippen molar-refractivity contribution in [2.45, 2.75) is 19.3 Å². The highest BCUT2D eigenvalue weighted by Crippen LogP contribution is 2.24. The first-order chi connectivity index (χ1) is 8.25. The maximum atomic E-state index is 11.2. The number of carbonyl (C=O) groups is 1. The molecule has 1 aliphatic carbocycles. The van der Waals surface area contributed by atoms with E-state index in [1.807, 2.05) is 0 Å². The first-order valence-electron chi connectivity index (χ1n) is 5.52. The van der Waals surface area contributed by atoms with E-state index in [1.165, 1.54) is 4.68 Å². The van der Waals surface area contributed by atoms with Crippen molar-refractivity contribution in [3.63, 3.8) is 0 Å². The van der Waals surface area contributed by atoms with Gasteiger partial charge in [0.15, 0.2) is 5.82 Å². The molecule has 2 aromatic heterocycles. The third-order valence-corrected chi connectivity index (χ3v) is 2.98. The average Bonchev–Trinajstić information content (AvgIpc) is 2.98. The van der Waals surface area contributed by atoms with Gasteiger partial charge in [0.05, 0.1) is 0 Å². The molecule has 86 valence electrons. The maximum Gasteiger partial charge on any atom is 0.339 e. The summed E-state index contributed by atoms with van der Waals surface area (Å²) in [4.78, 5) is 15.7. The van der Waals surface area contributed by atoms with E-state index in [-0.39, 0.29) is 5.56 Å². The molecule has 0 saturated heterocycles. The van der Waals surface area contributed by atoms with E-state index < -0.39 is 5.97 Å². The van der Waals surface area contributed by atoms with Crippen LogP contribution in [-0.4, -0.2) is 25.8 Å². The molecule has 2 heterocycles. The number of carboxylic acid groups (broad SMARTS) is 1. The molecule has 0 bridgehead atoms. The summed E-state index contributed by atoms with van der Waals surface area (Å²) in [6.45, 7) is 0. The Morgan fingerprint density at radius 2 is 2.29 bits per heavy atom. The molecule has 0 saturated carbocycles. The number of aromatic carboxylic acids is 1. The Hall–Kier alpha value is -2.17. The minimum atomic E-state index is -0.960. The molecule has 0 unspecified atom stereocenters. The van der Waals surface area contributed by atoms with Crippen LogP contribution in [0.4, 0.5) is 0 Å². The Morgan fingerprint density at radius 3 is 3.00 bits per heavy atom. The fourth-order valence-corrected chi connectivity index (χ4v) is 2.19. The average molecular weight is 229 g/mol. The summed E-state index contributed by atoms with van der Waals surface area (Å²) >= 11 is 0. The number of fused-ring (bicyclic) bond motifs is 1. The second kappa shape index (κ2) is 3.69. The van der Waals surface area contributed by atoms with Crippen LogP contribution in [0.1, 0.15) is 28.0 Å². The van der Waals surface area contributed by atoms with Crippen molar-refractivity contribution in [1.29, 1.82) is 0 Å². The molecule has 0 fully saturated rings. The van der Waals surface area contributed by atoms with E-state index in [1.54, 1.807) is 24.5 Å². The number of hydrogen-bond donors (Lipinski definition) is 1. The van der Waals surface area contributed by atoms with Crippen LogP contribution in [0.5, 0.6) is 0 Å². The van der Waals surface area contributed by atoms with E-state index >= 15 is 0 Å². The van der Waals surface area contributed by atoms with Crippen molar-refractivity contribution in [3.8, 4) is 5.82 Å². The minimum absolute atomic E-state index is 0.217. The van der Waals surface area contributed by atoms with Crippen LogP contribution < -0.4 is 0 Å². The van der Waals surface area contributed by atoms with Crippen molar-refractivity contribution >= 4 is 5.97 Å². The van der Waals surface area contributed by atoms with Crippen LogP contribution in [0.15, 0.2) is 24.5 Å². The summed E-state index contributed by atoms with van der Waals surface area (Å²) in [5.74, 6) is -0.555. The van der Waals surface area contributed by atoms with Gasteiger partial charge in [0.1, 0.15) is 5.56 Å². The Morgan fingerprint density at radius 1 is 1.41 bits per heavy atom. The zero-order chi connectivity index (χ0) is 11.8. The first-order valence-corrected chi connectivity index (χ1v) is 5.52. The number of pyridine rings is 1. The number of aromatic nitrogens is 3. The Kier molecular flexibility index (Phi) is 2.18. The van der Waals surface area contributed by atoms with Gasteiger partial charge in [-0.25, -0.2) is 14.5 Å². The summed E-state index contributed by atoms with van der Waals surface area (Å²) in [5.41, 5.74) is 2.27. The Bertz CT molecular complexity index is 576. The fourth-order valence-electron chi connectivity index (χ4n) is 2.19. The standard InChI is InChI=1S/C12H11N3O2/c16-12(17)9-7-8-3-1-4-10(8)14-11(9)15-6-2-5-13-15/h2,5-7H,1,3-4H2,(H,16,17). The number of hydrogen-bond acceptors (Lipinski definition) is 3. The molecule has 2 aromatic rings. The fraction of sp³-hybridized carbons (Fsp3) is 0.250. The monoisotopic (exact) mass is 229 g/mol. The molecule has 5 nitrogen and oxygen atoms in total. The molecule has 5 heteroatoms. The highest BCUT2D eigenvalue weighted by molar-refractivity contribution is 5.91. The summed E-state index contributed by atoms with van der Waals surface area (Å²) < 4.78 is 1.50. The molecule has 17 heavy (non-hydrogen) atoms. The lowest BCUT2D eigenvalue weighted by atomic mass is 10.1. The first kappa shape index (κ1) is 10.0. The number of rotatable bonds is 2. The van der Waals surface area contributed by atoms with Gasteiger partial charge < -0.3 is 5.11 Å². The summed E-state index contributed by atoms with van der Waals surface area (Å²) in [5, 5.41) is 13.3. The third kappa shape index (κ3) is 1.60. The van der Waals surface area contributed by atoms with Gasteiger partial charge in [-0.1, -0.05) is 0 Å². The van der Waals surface area contributed by atoms with Crippen LogP contribution in [0.3, 0.4) is 0 Å². The topological polar surface area (TPSA) is 68.0 Å². The van der Waals surface area contributed by atoms with Crippen molar-refractivity contribution < 1.29 is 9.90 Å².